The zero-order chi connectivity index (χ0) is 19.6. The Morgan fingerprint density at radius 1 is 1.28 bits per heavy atom. The SMILES string of the molecule is CN=C(NCCCOCC1CC1)NCC(c1ccccc1Cl)N1CCOCC1.I. The Hall–Kier alpha value is -0.610. The molecule has 1 heterocycles. The van der Waals surface area contributed by atoms with Gasteiger partial charge in [0.2, 0.25) is 0 Å². The van der Waals surface area contributed by atoms with Crippen LogP contribution in [-0.2, 0) is 9.47 Å². The maximum atomic E-state index is 6.50. The second kappa shape index (κ2) is 13.6. The van der Waals surface area contributed by atoms with E-state index < -0.39 is 0 Å². The standard InChI is InChI=1S/C21H33ClN4O2.HI/c1-23-21(24-9-4-12-28-16-17-7-8-17)25-15-20(26-10-13-27-14-11-26)18-5-2-3-6-19(18)22;/h2-3,5-6,17,20H,4,7-16H2,1H3,(H2,23,24,25);1H. The third kappa shape index (κ3) is 8.57. The molecule has 1 atom stereocenters. The van der Waals surface area contributed by atoms with Crippen LogP contribution in [0.2, 0.25) is 5.02 Å². The Labute approximate surface area is 196 Å². The van der Waals surface area contributed by atoms with Crippen LogP contribution in [0.3, 0.4) is 0 Å². The molecular formula is C21H34ClIN4O2. The number of hydrogen-bond acceptors (Lipinski definition) is 4. The fourth-order valence-corrected chi connectivity index (χ4v) is 3.66. The van der Waals surface area contributed by atoms with E-state index in [0.717, 1.165) is 81.5 Å². The summed E-state index contributed by atoms with van der Waals surface area (Å²) >= 11 is 6.50. The highest BCUT2D eigenvalue weighted by Crippen LogP contribution is 2.29. The monoisotopic (exact) mass is 536 g/mol. The van der Waals surface area contributed by atoms with Gasteiger partial charge in [0, 0.05) is 51.5 Å². The van der Waals surface area contributed by atoms with Crippen molar-refractivity contribution >= 4 is 41.5 Å². The van der Waals surface area contributed by atoms with E-state index in [9.17, 15) is 0 Å². The van der Waals surface area contributed by atoms with Gasteiger partial charge < -0.3 is 20.1 Å². The topological polar surface area (TPSA) is 58.1 Å². The fourth-order valence-electron chi connectivity index (χ4n) is 3.40. The van der Waals surface area contributed by atoms with E-state index in [1.165, 1.54) is 12.8 Å². The van der Waals surface area contributed by atoms with Gasteiger partial charge in [-0.05, 0) is 36.8 Å². The summed E-state index contributed by atoms with van der Waals surface area (Å²) < 4.78 is 11.2. The molecule has 1 saturated heterocycles. The summed E-state index contributed by atoms with van der Waals surface area (Å²) in [6, 6.07) is 8.26. The van der Waals surface area contributed by atoms with Gasteiger partial charge in [-0.15, -0.1) is 24.0 Å². The van der Waals surface area contributed by atoms with Crippen molar-refractivity contribution in [1.29, 1.82) is 0 Å². The van der Waals surface area contributed by atoms with Crippen LogP contribution in [0.5, 0.6) is 0 Å². The molecular weight excluding hydrogens is 503 g/mol. The molecule has 164 valence electrons. The van der Waals surface area contributed by atoms with Crippen LogP contribution in [0.25, 0.3) is 0 Å². The van der Waals surface area contributed by atoms with Crippen LogP contribution < -0.4 is 10.6 Å². The first-order valence-corrected chi connectivity index (χ1v) is 10.7. The Balaban J connectivity index is 0.00000300. The van der Waals surface area contributed by atoms with E-state index in [2.05, 4.69) is 26.6 Å². The third-order valence-electron chi connectivity index (χ3n) is 5.25. The molecule has 0 aromatic heterocycles. The molecule has 1 aromatic rings. The molecule has 2 N–H and O–H groups in total. The fraction of sp³-hybridized carbons (Fsp3) is 0.667. The minimum absolute atomic E-state index is 0. The number of aliphatic imine (C=N–C) groups is 1. The quantitative estimate of drug-likeness (QED) is 0.208. The van der Waals surface area contributed by atoms with Crippen molar-refractivity contribution in [2.75, 3.05) is 59.7 Å². The number of morpholine rings is 1. The highest BCUT2D eigenvalue weighted by Gasteiger charge is 2.24. The van der Waals surface area contributed by atoms with E-state index in [4.69, 9.17) is 21.1 Å². The van der Waals surface area contributed by atoms with Gasteiger partial charge in [-0.1, -0.05) is 29.8 Å². The number of benzene rings is 1. The number of guanidine groups is 1. The van der Waals surface area contributed by atoms with Gasteiger partial charge in [0.15, 0.2) is 5.96 Å². The summed E-state index contributed by atoms with van der Waals surface area (Å²) in [6.07, 6.45) is 3.65. The summed E-state index contributed by atoms with van der Waals surface area (Å²) in [4.78, 5) is 6.78. The van der Waals surface area contributed by atoms with E-state index in [0.29, 0.717) is 0 Å². The first-order valence-electron chi connectivity index (χ1n) is 10.4. The lowest BCUT2D eigenvalue weighted by atomic mass is 10.0. The maximum Gasteiger partial charge on any atom is 0.191 e. The largest absolute Gasteiger partial charge is 0.381 e. The summed E-state index contributed by atoms with van der Waals surface area (Å²) in [7, 11) is 1.80. The molecule has 0 radical (unpaired) electrons. The van der Waals surface area contributed by atoms with E-state index in [1.807, 2.05) is 18.2 Å². The average Bonchev–Trinajstić information content (AvgIpc) is 3.55. The summed E-state index contributed by atoms with van der Waals surface area (Å²) in [5, 5.41) is 7.65. The van der Waals surface area contributed by atoms with Crippen molar-refractivity contribution in [2.24, 2.45) is 10.9 Å². The molecule has 0 bridgehead atoms. The van der Waals surface area contributed by atoms with Gasteiger partial charge in [0.1, 0.15) is 0 Å². The smallest absolute Gasteiger partial charge is 0.191 e. The Kier molecular flexibility index (Phi) is 11.6. The molecule has 8 heteroatoms. The lowest BCUT2D eigenvalue weighted by Crippen LogP contribution is -2.46. The maximum absolute atomic E-state index is 6.50. The average molecular weight is 537 g/mol. The molecule has 6 nitrogen and oxygen atoms in total. The second-order valence-electron chi connectivity index (χ2n) is 7.44. The van der Waals surface area contributed by atoms with Crippen LogP contribution in [-0.4, -0.2) is 70.5 Å². The molecule has 1 unspecified atom stereocenters. The normalized spacial score (nSPS) is 18.8. The van der Waals surface area contributed by atoms with Crippen molar-refractivity contribution in [3.63, 3.8) is 0 Å². The molecule has 1 aliphatic heterocycles. The lowest BCUT2D eigenvalue weighted by molar-refractivity contribution is 0.0170. The second-order valence-corrected chi connectivity index (χ2v) is 7.84. The number of rotatable bonds is 10. The van der Waals surface area contributed by atoms with Crippen LogP contribution in [0.15, 0.2) is 29.3 Å². The van der Waals surface area contributed by atoms with Crippen molar-refractivity contribution in [2.45, 2.75) is 25.3 Å². The predicted molar refractivity (Wildman–Crippen MR) is 130 cm³/mol. The van der Waals surface area contributed by atoms with Crippen molar-refractivity contribution in [3.8, 4) is 0 Å². The minimum Gasteiger partial charge on any atom is -0.381 e. The first kappa shape index (κ1) is 24.7. The Bertz CT molecular complexity index is 624. The van der Waals surface area contributed by atoms with E-state index >= 15 is 0 Å². The summed E-state index contributed by atoms with van der Waals surface area (Å²) in [5.74, 6) is 1.64. The van der Waals surface area contributed by atoms with Gasteiger partial charge in [-0.2, -0.15) is 0 Å². The highest BCUT2D eigenvalue weighted by atomic mass is 127. The van der Waals surface area contributed by atoms with Gasteiger partial charge in [-0.25, -0.2) is 0 Å². The zero-order valence-corrected chi connectivity index (χ0v) is 20.3. The van der Waals surface area contributed by atoms with Crippen LogP contribution in [0.1, 0.15) is 30.9 Å². The molecule has 0 amide bonds. The lowest BCUT2D eigenvalue weighted by Gasteiger charge is -2.35. The Morgan fingerprint density at radius 3 is 2.72 bits per heavy atom. The van der Waals surface area contributed by atoms with Crippen molar-refractivity contribution < 1.29 is 9.47 Å². The molecule has 0 spiro atoms. The first-order chi connectivity index (χ1) is 13.8. The number of hydrogen-bond donors (Lipinski definition) is 2. The molecule has 3 rings (SSSR count). The summed E-state index contributed by atoms with van der Waals surface area (Å²) in [5.41, 5.74) is 1.14. The van der Waals surface area contributed by atoms with Gasteiger partial charge in [0.05, 0.1) is 19.3 Å². The van der Waals surface area contributed by atoms with Crippen molar-refractivity contribution in [1.82, 2.24) is 15.5 Å². The molecule has 2 aliphatic rings. The molecule has 2 fully saturated rings. The van der Waals surface area contributed by atoms with E-state index in [1.54, 1.807) is 7.05 Å². The summed E-state index contributed by atoms with van der Waals surface area (Å²) in [6.45, 7) is 6.64. The van der Waals surface area contributed by atoms with Crippen LogP contribution in [0.4, 0.5) is 0 Å². The highest BCUT2D eigenvalue weighted by molar-refractivity contribution is 14.0. The van der Waals surface area contributed by atoms with Gasteiger partial charge >= 0.3 is 0 Å². The number of nitrogens with zero attached hydrogens (tertiary/aromatic N) is 2. The third-order valence-corrected chi connectivity index (χ3v) is 5.59. The molecule has 29 heavy (non-hydrogen) atoms. The zero-order valence-electron chi connectivity index (χ0n) is 17.2. The molecule has 1 aromatic carbocycles. The molecule has 1 saturated carbocycles. The van der Waals surface area contributed by atoms with Crippen molar-refractivity contribution in [3.05, 3.63) is 34.9 Å². The number of nitrogens with one attached hydrogen (secondary N) is 2. The van der Waals surface area contributed by atoms with Crippen LogP contribution >= 0.6 is 35.6 Å². The van der Waals surface area contributed by atoms with Gasteiger partial charge in [0.25, 0.3) is 0 Å². The number of halogens is 2. The number of ether oxygens (including phenoxy) is 2. The predicted octanol–water partition coefficient (Wildman–Crippen LogP) is 3.31. The van der Waals surface area contributed by atoms with Crippen LogP contribution in [0, 0.1) is 5.92 Å². The minimum atomic E-state index is 0. The van der Waals surface area contributed by atoms with E-state index in [-0.39, 0.29) is 30.0 Å². The van der Waals surface area contributed by atoms with Gasteiger partial charge in [-0.3, -0.25) is 9.89 Å². The Morgan fingerprint density at radius 2 is 2.03 bits per heavy atom. The molecule has 1 aliphatic carbocycles.